The Morgan fingerprint density at radius 2 is 2.11 bits per heavy atom. The minimum atomic E-state index is -1.91. The Balaban J connectivity index is 1.70. The highest BCUT2D eigenvalue weighted by Crippen LogP contribution is 2.13. The number of nitrogen functional groups attached to an aromatic ring is 1. The first-order valence-electron chi connectivity index (χ1n) is 9.03. The maximum atomic E-state index is 13.0. The lowest BCUT2D eigenvalue weighted by atomic mass is 10.2. The summed E-state index contributed by atoms with van der Waals surface area (Å²) in [5.41, 5.74) is 8.80. The molecule has 1 aromatic heterocycles. The molecule has 1 aliphatic rings. The number of nitrogens with one attached hydrogen (secondary N) is 1. The normalized spacial score (nSPS) is 16.9. The molecule has 0 radical (unpaired) electrons. The predicted molar refractivity (Wildman–Crippen MR) is 110 cm³/mol. The van der Waals surface area contributed by atoms with E-state index in [1.54, 1.807) is 11.0 Å². The summed E-state index contributed by atoms with van der Waals surface area (Å²) in [6, 6.07) is 9.33. The number of nitrogens with zero attached hydrogens (tertiary/aromatic N) is 3. The minimum Gasteiger partial charge on any atom is -0.399 e. The molecular formula is C19H27N5O2S. The molecule has 2 aromatic rings. The van der Waals surface area contributed by atoms with Gasteiger partial charge in [-0.2, -0.15) is 5.10 Å². The molecular weight excluding hydrogens is 362 g/mol. The number of hydrogen-bond acceptors (Lipinski definition) is 5. The number of aryl methyl sites for hydroxylation is 1. The molecule has 1 aliphatic heterocycles. The number of hydrogen-bond donors (Lipinski definition) is 2. The van der Waals surface area contributed by atoms with Crippen molar-refractivity contribution in [2.24, 2.45) is 0 Å². The van der Waals surface area contributed by atoms with Crippen molar-refractivity contribution >= 4 is 27.0 Å². The number of rotatable bonds is 6. The SMILES string of the molecule is C=S1(=O)CCN(CCN(Cc2cccc(N)c2)C(=O)c2cc(C)[nH]n2)CC1. The van der Waals surface area contributed by atoms with E-state index in [0.29, 0.717) is 36.0 Å². The predicted octanol–water partition coefficient (Wildman–Crippen LogP) is 0.975. The highest BCUT2D eigenvalue weighted by atomic mass is 32.2. The van der Waals surface area contributed by atoms with Gasteiger partial charge in [-0.25, -0.2) is 0 Å². The molecule has 0 unspecified atom stereocenters. The van der Waals surface area contributed by atoms with Crippen molar-refractivity contribution in [3.63, 3.8) is 0 Å². The topological polar surface area (TPSA) is 95.3 Å². The Kier molecular flexibility index (Phi) is 5.86. The molecule has 3 rings (SSSR count). The lowest BCUT2D eigenvalue weighted by Crippen LogP contribution is -2.44. The number of benzene rings is 1. The molecule has 0 aliphatic carbocycles. The van der Waals surface area contributed by atoms with Gasteiger partial charge in [0.25, 0.3) is 5.91 Å². The molecule has 3 N–H and O–H groups in total. The van der Waals surface area contributed by atoms with Crippen molar-refractivity contribution in [1.82, 2.24) is 20.0 Å². The molecule has 0 atom stereocenters. The first-order chi connectivity index (χ1) is 12.8. The Labute approximate surface area is 160 Å². The monoisotopic (exact) mass is 389 g/mol. The van der Waals surface area contributed by atoms with Gasteiger partial charge in [0.2, 0.25) is 0 Å². The number of amides is 1. The van der Waals surface area contributed by atoms with E-state index >= 15 is 0 Å². The molecule has 0 bridgehead atoms. The van der Waals surface area contributed by atoms with Gasteiger partial charge in [-0.3, -0.25) is 19.0 Å². The van der Waals surface area contributed by atoms with Gasteiger partial charge in [0.05, 0.1) is 0 Å². The Bertz CT molecular complexity index is 892. The maximum Gasteiger partial charge on any atom is 0.274 e. The number of nitrogens with two attached hydrogens (primary N) is 1. The highest BCUT2D eigenvalue weighted by molar-refractivity contribution is 8.00. The molecule has 1 saturated heterocycles. The molecule has 27 heavy (non-hydrogen) atoms. The molecule has 1 amide bonds. The van der Waals surface area contributed by atoms with Gasteiger partial charge >= 0.3 is 0 Å². The summed E-state index contributed by atoms with van der Waals surface area (Å²) in [5, 5.41) is 6.93. The second-order valence-corrected chi connectivity index (χ2v) is 9.87. The number of carbonyl (C=O) groups excluding carboxylic acids is 1. The third-order valence-corrected chi connectivity index (χ3v) is 6.64. The molecule has 146 valence electrons. The van der Waals surface area contributed by atoms with Crippen molar-refractivity contribution in [1.29, 1.82) is 0 Å². The fourth-order valence-corrected chi connectivity index (χ4v) is 4.53. The van der Waals surface area contributed by atoms with Gasteiger partial charge in [0, 0.05) is 55.6 Å². The minimum absolute atomic E-state index is 0.111. The van der Waals surface area contributed by atoms with Crippen LogP contribution in [0.25, 0.3) is 0 Å². The summed E-state index contributed by atoms with van der Waals surface area (Å²) in [6.07, 6.45) is 0. The molecule has 2 heterocycles. The van der Waals surface area contributed by atoms with Crippen molar-refractivity contribution < 1.29 is 9.00 Å². The van der Waals surface area contributed by atoms with Crippen LogP contribution in [0.1, 0.15) is 21.7 Å². The van der Waals surface area contributed by atoms with Gasteiger partial charge in [0.1, 0.15) is 5.69 Å². The zero-order chi connectivity index (χ0) is 19.4. The Hall–Kier alpha value is -2.32. The number of aromatic nitrogens is 2. The van der Waals surface area contributed by atoms with E-state index in [-0.39, 0.29) is 5.91 Å². The summed E-state index contributed by atoms with van der Waals surface area (Å²) in [7, 11) is -1.91. The van der Waals surface area contributed by atoms with Crippen LogP contribution in [0, 0.1) is 6.92 Å². The second kappa shape index (κ2) is 8.14. The van der Waals surface area contributed by atoms with E-state index in [2.05, 4.69) is 21.0 Å². The van der Waals surface area contributed by atoms with Gasteiger partial charge in [-0.05, 0) is 46.1 Å². The van der Waals surface area contributed by atoms with Crippen LogP contribution in [0.5, 0.6) is 0 Å². The van der Waals surface area contributed by atoms with E-state index in [1.807, 2.05) is 31.2 Å². The summed E-state index contributed by atoms with van der Waals surface area (Å²) in [4.78, 5) is 17.0. The number of H-pyrrole nitrogens is 1. The largest absolute Gasteiger partial charge is 0.399 e. The van der Waals surface area contributed by atoms with E-state index < -0.39 is 9.52 Å². The fourth-order valence-electron chi connectivity index (χ4n) is 3.14. The summed E-state index contributed by atoms with van der Waals surface area (Å²) < 4.78 is 12.0. The van der Waals surface area contributed by atoms with Crippen LogP contribution in [0.15, 0.2) is 30.3 Å². The van der Waals surface area contributed by atoms with Crippen LogP contribution in [0.3, 0.4) is 0 Å². The lowest BCUT2D eigenvalue weighted by Gasteiger charge is -2.31. The van der Waals surface area contributed by atoms with Crippen LogP contribution in [0.2, 0.25) is 0 Å². The highest BCUT2D eigenvalue weighted by Gasteiger charge is 2.22. The number of carbonyl (C=O) groups is 1. The summed E-state index contributed by atoms with van der Waals surface area (Å²) in [5.74, 6) is 4.93. The molecule has 1 aromatic carbocycles. The second-order valence-electron chi connectivity index (χ2n) is 7.12. The van der Waals surface area contributed by atoms with E-state index in [1.165, 1.54) is 0 Å². The third-order valence-electron chi connectivity index (χ3n) is 4.78. The van der Waals surface area contributed by atoms with Crippen LogP contribution in [-0.4, -0.2) is 73.7 Å². The smallest absolute Gasteiger partial charge is 0.274 e. The van der Waals surface area contributed by atoms with E-state index in [9.17, 15) is 9.00 Å². The average Bonchev–Trinajstić information content (AvgIpc) is 3.05. The summed E-state index contributed by atoms with van der Waals surface area (Å²) in [6.45, 7) is 5.14. The van der Waals surface area contributed by atoms with E-state index in [0.717, 1.165) is 30.9 Å². The zero-order valence-corrected chi connectivity index (χ0v) is 16.5. The average molecular weight is 390 g/mol. The maximum absolute atomic E-state index is 13.0. The van der Waals surface area contributed by atoms with Crippen LogP contribution < -0.4 is 5.73 Å². The fraction of sp³-hybridized carbons (Fsp3) is 0.421. The Morgan fingerprint density at radius 3 is 2.74 bits per heavy atom. The summed E-state index contributed by atoms with van der Waals surface area (Å²) >= 11 is 0. The van der Waals surface area contributed by atoms with Crippen LogP contribution >= 0.6 is 0 Å². The molecule has 0 saturated carbocycles. The molecule has 0 spiro atoms. The van der Waals surface area contributed by atoms with Crippen molar-refractivity contribution in [3.05, 3.63) is 47.3 Å². The van der Waals surface area contributed by atoms with Gasteiger partial charge in [-0.1, -0.05) is 12.1 Å². The zero-order valence-electron chi connectivity index (χ0n) is 15.7. The van der Waals surface area contributed by atoms with Gasteiger partial charge in [0.15, 0.2) is 0 Å². The molecule has 7 nitrogen and oxygen atoms in total. The van der Waals surface area contributed by atoms with Gasteiger partial charge < -0.3 is 10.6 Å². The molecule has 1 fully saturated rings. The van der Waals surface area contributed by atoms with Crippen molar-refractivity contribution in [3.8, 4) is 0 Å². The van der Waals surface area contributed by atoms with Crippen molar-refractivity contribution in [2.45, 2.75) is 13.5 Å². The molecule has 8 heteroatoms. The first kappa shape index (κ1) is 19.4. The number of anilines is 1. The standard InChI is InChI=1S/C19H27N5O2S/c1-15-12-18(22-21-15)19(25)24(14-16-4-3-5-17(20)13-16)7-6-23-8-10-27(2,26)11-9-23/h3-5,12-13H,2,6-11,14,20H2,1H3,(H,21,22). The number of aromatic amines is 1. The lowest BCUT2D eigenvalue weighted by molar-refractivity contribution is 0.0717. The quantitative estimate of drug-likeness (QED) is 0.567. The van der Waals surface area contributed by atoms with Gasteiger partial charge in [-0.15, -0.1) is 0 Å². The first-order valence-corrected chi connectivity index (χ1v) is 11.1. The van der Waals surface area contributed by atoms with E-state index in [4.69, 9.17) is 5.73 Å². The van der Waals surface area contributed by atoms with Crippen LogP contribution in [-0.2, 0) is 16.1 Å². The third kappa shape index (κ3) is 5.33. The Morgan fingerprint density at radius 1 is 1.37 bits per heavy atom. The van der Waals surface area contributed by atoms with Crippen LogP contribution in [0.4, 0.5) is 5.69 Å². The van der Waals surface area contributed by atoms with Crippen molar-refractivity contribution in [2.75, 3.05) is 43.4 Å².